The van der Waals surface area contributed by atoms with E-state index in [2.05, 4.69) is 10.4 Å². The van der Waals surface area contributed by atoms with Crippen molar-refractivity contribution in [3.8, 4) is 0 Å². The van der Waals surface area contributed by atoms with Crippen molar-refractivity contribution >= 4 is 11.9 Å². The lowest BCUT2D eigenvalue weighted by molar-refractivity contribution is -0.121. The number of nitrogens with one attached hydrogen (secondary N) is 1. The molecule has 7 nitrogen and oxygen atoms in total. The van der Waals surface area contributed by atoms with Gasteiger partial charge in [-0.3, -0.25) is 9.48 Å². The zero-order valence-electron chi connectivity index (χ0n) is 10.6. The lowest BCUT2D eigenvalue weighted by Gasteiger charge is -2.10. The van der Waals surface area contributed by atoms with E-state index in [-0.39, 0.29) is 17.9 Å². The van der Waals surface area contributed by atoms with Crippen LogP contribution in [0.1, 0.15) is 16.8 Å². The van der Waals surface area contributed by atoms with Gasteiger partial charge in [0.15, 0.2) is 0 Å². The van der Waals surface area contributed by atoms with Crippen molar-refractivity contribution in [3.05, 3.63) is 18.0 Å². The van der Waals surface area contributed by atoms with Crippen molar-refractivity contribution < 1.29 is 14.7 Å². The van der Waals surface area contributed by atoms with E-state index in [1.165, 1.54) is 17.1 Å². The fourth-order valence-electron chi connectivity index (χ4n) is 1.32. The molecule has 100 valence electrons. The number of hydrogen-bond acceptors (Lipinski definition) is 4. The standard InChI is InChI=1S/C11H18N4O3/c1-14(2)6-4-12-10(16)3-5-15-8-9(7-13-15)11(17)18/h7-8H,3-6H2,1-2H3,(H,12,16)(H,17,18). The van der Waals surface area contributed by atoms with E-state index in [1.54, 1.807) is 0 Å². The third-order valence-electron chi connectivity index (χ3n) is 2.33. The Kier molecular flexibility index (Phi) is 5.31. The second kappa shape index (κ2) is 6.75. The predicted octanol–water partition coefficient (Wildman–Crippen LogP) is -0.351. The van der Waals surface area contributed by atoms with E-state index in [0.29, 0.717) is 13.1 Å². The number of aryl methyl sites for hydroxylation is 1. The van der Waals surface area contributed by atoms with Crippen LogP contribution in [0.25, 0.3) is 0 Å². The summed E-state index contributed by atoms with van der Waals surface area (Å²) in [4.78, 5) is 24.1. The second-order valence-corrected chi connectivity index (χ2v) is 4.20. The highest BCUT2D eigenvalue weighted by atomic mass is 16.4. The second-order valence-electron chi connectivity index (χ2n) is 4.20. The molecule has 1 aromatic rings. The first-order chi connectivity index (χ1) is 8.49. The molecular weight excluding hydrogens is 236 g/mol. The minimum absolute atomic E-state index is 0.0655. The first-order valence-corrected chi connectivity index (χ1v) is 5.66. The molecule has 0 saturated carbocycles. The van der Waals surface area contributed by atoms with Crippen molar-refractivity contribution in [1.29, 1.82) is 0 Å². The molecule has 7 heteroatoms. The third-order valence-corrected chi connectivity index (χ3v) is 2.33. The average molecular weight is 254 g/mol. The minimum atomic E-state index is -1.02. The molecule has 18 heavy (non-hydrogen) atoms. The van der Waals surface area contributed by atoms with Crippen LogP contribution in [0.2, 0.25) is 0 Å². The summed E-state index contributed by atoms with van der Waals surface area (Å²) in [6.07, 6.45) is 2.97. The van der Waals surface area contributed by atoms with Gasteiger partial charge in [0.05, 0.1) is 11.8 Å². The number of rotatable bonds is 7. The monoisotopic (exact) mass is 254 g/mol. The topological polar surface area (TPSA) is 87.5 Å². The number of nitrogens with zero attached hydrogens (tertiary/aromatic N) is 3. The molecule has 0 saturated heterocycles. The number of carbonyl (C=O) groups excluding carboxylic acids is 1. The fourth-order valence-corrected chi connectivity index (χ4v) is 1.32. The molecule has 0 spiro atoms. The lowest BCUT2D eigenvalue weighted by Crippen LogP contribution is -2.31. The van der Waals surface area contributed by atoms with Crippen molar-refractivity contribution in [3.63, 3.8) is 0 Å². The maximum Gasteiger partial charge on any atom is 0.338 e. The zero-order valence-corrected chi connectivity index (χ0v) is 10.6. The van der Waals surface area contributed by atoms with Crippen LogP contribution in [-0.2, 0) is 11.3 Å². The van der Waals surface area contributed by atoms with Crippen LogP contribution in [0.15, 0.2) is 12.4 Å². The van der Waals surface area contributed by atoms with Gasteiger partial charge in [0.25, 0.3) is 0 Å². The minimum Gasteiger partial charge on any atom is -0.478 e. The van der Waals surface area contributed by atoms with Crippen LogP contribution in [0.3, 0.4) is 0 Å². The molecule has 0 aliphatic rings. The Morgan fingerprint density at radius 1 is 1.50 bits per heavy atom. The molecule has 1 amide bonds. The predicted molar refractivity (Wildman–Crippen MR) is 65.4 cm³/mol. The van der Waals surface area contributed by atoms with Gasteiger partial charge < -0.3 is 15.3 Å². The molecule has 0 aliphatic carbocycles. The maximum absolute atomic E-state index is 11.5. The number of carbonyl (C=O) groups is 2. The van der Waals surface area contributed by atoms with Crippen LogP contribution in [0.4, 0.5) is 0 Å². The SMILES string of the molecule is CN(C)CCNC(=O)CCn1cc(C(=O)O)cn1. The van der Waals surface area contributed by atoms with E-state index >= 15 is 0 Å². The van der Waals surface area contributed by atoms with Crippen molar-refractivity contribution in [2.24, 2.45) is 0 Å². The van der Waals surface area contributed by atoms with Gasteiger partial charge in [0.2, 0.25) is 5.91 Å². The molecule has 0 radical (unpaired) electrons. The summed E-state index contributed by atoms with van der Waals surface area (Å²) in [5.41, 5.74) is 0.128. The van der Waals surface area contributed by atoms with Gasteiger partial charge in [-0.05, 0) is 14.1 Å². The van der Waals surface area contributed by atoms with E-state index in [4.69, 9.17) is 5.11 Å². The number of likely N-dealkylation sites (N-methyl/N-ethyl adjacent to an activating group) is 1. The van der Waals surface area contributed by atoms with E-state index in [9.17, 15) is 9.59 Å². The zero-order chi connectivity index (χ0) is 13.5. The van der Waals surface area contributed by atoms with Crippen LogP contribution < -0.4 is 5.32 Å². The Morgan fingerprint density at radius 3 is 2.78 bits per heavy atom. The van der Waals surface area contributed by atoms with E-state index in [1.807, 2.05) is 19.0 Å². The summed E-state index contributed by atoms with van der Waals surface area (Å²) < 4.78 is 1.45. The molecule has 0 aromatic carbocycles. The Morgan fingerprint density at radius 2 is 2.22 bits per heavy atom. The van der Waals surface area contributed by atoms with E-state index < -0.39 is 5.97 Å². The summed E-state index contributed by atoms with van der Waals surface area (Å²) in [6, 6.07) is 0. The molecule has 0 fully saturated rings. The van der Waals surface area contributed by atoms with Gasteiger partial charge in [-0.25, -0.2) is 4.79 Å². The first-order valence-electron chi connectivity index (χ1n) is 5.66. The van der Waals surface area contributed by atoms with Crippen LogP contribution >= 0.6 is 0 Å². The molecule has 1 aromatic heterocycles. The molecule has 0 unspecified atom stereocenters. The lowest BCUT2D eigenvalue weighted by atomic mass is 10.3. The smallest absolute Gasteiger partial charge is 0.338 e. The molecular formula is C11H18N4O3. The highest BCUT2D eigenvalue weighted by Crippen LogP contribution is 1.98. The summed E-state index contributed by atoms with van der Waals surface area (Å²) in [5, 5.41) is 15.3. The van der Waals surface area contributed by atoms with Gasteiger partial charge in [-0.15, -0.1) is 0 Å². The molecule has 1 rings (SSSR count). The summed E-state index contributed by atoms with van der Waals surface area (Å²) in [6.45, 7) is 1.77. The Balaban J connectivity index is 2.27. The van der Waals surface area contributed by atoms with Crippen molar-refractivity contribution in [2.75, 3.05) is 27.2 Å². The summed E-state index contributed by atoms with van der Waals surface area (Å²) in [5.74, 6) is -1.08. The van der Waals surface area contributed by atoms with Crippen molar-refractivity contribution in [1.82, 2.24) is 20.0 Å². The first kappa shape index (κ1) is 14.2. The van der Waals surface area contributed by atoms with E-state index in [0.717, 1.165) is 6.54 Å². The molecule has 0 bridgehead atoms. The Hall–Kier alpha value is -1.89. The molecule has 2 N–H and O–H groups in total. The third kappa shape index (κ3) is 4.96. The van der Waals surface area contributed by atoms with Gasteiger partial charge in [-0.2, -0.15) is 5.10 Å². The van der Waals surface area contributed by atoms with Crippen LogP contribution in [0.5, 0.6) is 0 Å². The van der Waals surface area contributed by atoms with Gasteiger partial charge in [-0.1, -0.05) is 0 Å². The number of amides is 1. The average Bonchev–Trinajstić information content (AvgIpc) is 2.74. The Bertz CT molecular complexity index is 414. The quantitative estimate of drug-likeness (QED) is 0.694. The van der Waals surface area contributed by atoms with Gasteiger partial charge in [0, 0.05) is 32.3 Å². The summed E-state index contributed by atoms with van der Waals surface area (Å²) in [7, 11) is 3.87. The number of hydrogen-bond donors (Lipinski definition) is 2. The largest absolute Gasteiger partial charge is 0.478 e. The number of carboxylic acids is 1. The molecule has 0 atom stereocenters. The van der Waals surface area contributed by atoms with Crippen LogP contribution in [-0.4, -0.2) is 58.8 Å². The summed E-state index contributed by atoms with van der Waals surface area (Å²) >= 11 is 0. The Labute approximate surface area is 105 Å². The molecule has 1 heterocycles. The normalized spacial score (nSPS) is 10.6. The van der Waals surface area contributed by atoms with Crippen molar-refractivity contribution in [2.45, 2.75) is 13.0 Å². The van der Waals surface area contributed by atoms with Gasteiger partial charge in [0.1, 0.15) is 0 Å². The maximum atomic E-state index is 11.5. The highest BCUT2D eigenvalue weighted by molar-refractivity contribution is 5.86. The number of aromatic nitrogens is 2. The fraction of sp³-hybridized carbons (Fsp3) is 0.545. The van der Waals surface area contributed by atoms with Gasteiger partial charge >= 0.3 is 5.97 Å². The molecule has 0 aliphatic heterocycles. The highest BCUT2D eigenvalue weighted by Gasteiger charge is 2.07. The van der Waals surface area contributed by atoms with Crippen LogP contribution in [0, 0.1) is 0 Å². The number of aromatic carboxylic acids is 1. The number of carboxylic acid groups (broad SMARTS) is 1.